The van der Waals surface area contributed by atoms with Gasteiger partial charge in [0.15, 0.2) is 12.4 Å². The molecule has 22 heavy (non-hydrogen) atoms. The molecular formula is C14H24O8. The number of aliphatic hydroxyl groups excluding tert-OH is 3. The van der Waals surface area contributed by atoms with Crippen LogP contribution in [0.15, 0.2) is 0 Å². The molecule has 1 saturated heterocycles. The third-order valence-corrected chi connectivity index (χ3v) is 3.24. The molecule has 1 aliphatic heterocycles. The predicted molar refractivity (Wildman–Crippen MR) is 73.5 cm³/mol. The van der Waals surface area contributed by atoms with Crippen molar-refractivity contribution in [3.63, 3.8) is 0 Å². The summed E-state index contributed by atoms with van der Waals surface area (Å²) in [6, 6.07) is 0. The van der Waals surface area contributed by atoms with Gasteiger partial charge in [-0.2, -0.15) is 0 Å². The van der Waals surface area contributed by atoms with Gasteiger partial charge in [0.1, 0.15) is 24.9 Å². The van der Waals surface area contributed by atoms with Crippen molar-refractivity contribution in [1.82, 2.24) is 0 Å². The van der Waals surface area contributed by atoms with E-state index in [9.17, 15) is 24.9 Å². The summed E-state index contributed by atoms with van der Waals surface area (Å²) < 4.78 is 15.1. The summed E-state index contributed by atoms with van der Waals surface area (Å²) in [6.07, 6.45) is -5.51. The molecule has 128 valence electrons. The normalized spacial score (nSPS) is 31.6. The average molecular weight is 320 g/mol. The van der Waals surface area contributed by atoms with Gasteiger partial charge in [0.05, 0.1) is 0 Å². The first-order chi connectivity index (χ1) is 10.4. The van der Waals surface area contributed by atoms with E-state index in [1.165, 1.54) is 0 Å². The molecule has 8 nitrogen and oxygen atoms in total. The maximum Gasteiger partial charge on any atom is 0.306 e. The molecule has 0 amide bonds. The van der Waals surface area contributed by atoms with Crippen LogP contribution in [0.5, 0.6) is 0 Å². The van der Waals surface area contributed by atoms with Gasteiger partial charge in [0, 0.05) is 12.8 Å². The van der Waals surface area contributed by atoms with Crippen molar-refractivity contribution in [2.75, 3.05) is 6.61 Å². The van der Waals surface area contributed by atoms with Crippen LogP contribution in [-0.4, -0.2) is 64.6 Å². The van der Waals surface area contributed by atoms with Crippen molar-refractivity contribution in [3.8, 4) is 0 Å². The predicted octanol–water partition coefficient (Wildman–Crippen LogP) is -0.519. The minimum absolute atomic E-state index is 0.143. The monoisotopic (exact) mass is 320 g/mol. The first kappa shape index (κ1) is 18.8. The molecule has 1 heterocycles. The summed E-state index contributed by atoms with van der Waals surface area (Å²) >= 11 is 0. The molecule has 3 N–H and O–H groups in total. The Labute approximate surface area is 129 Å². The van der Waals surface area contributed by atoms with Gasteiger partial charge in [-0.1, -0.05) is 13.8 Å². The van der Waals surface area contributed by atoms with Crippen molar-refractivity contribution >= 4 is 11.9 Å². The lowest BCUT2D eigenvalue weighted by atomic mass is 9.99. The Morgan fingerprint density at radius 2 is 1.59 bits per heavy atom. The number of carbonyl (C=O) groups excluding carboxylic acids is 2. The summed E-state index contributed by atoms with van der Waals surface area (Å²) in [5.41, 5.74) is 0. The molecule has 1 rings (SSSR count). The largest absolute Gasteiger partial charge is 0.463 e. The standard InChI is InChI=1S/C14H24O8/c1-3-5-9(15)20-7-8-13(22-10(16)6-4-2)11(17)12(18)14(19)21-8/h8,11-14,17-19H,3-7H2,1-2H3/t8-,11-,12-,13+,14+/m1/s1. The molecule has 0 aromatic rings. The first-order valence-electron chi connectivity index (χ1n) is 7.45. The van der Waals surface area contributed by atoms with Crippen LogP contribution in [-0.2, 0) is 23.8 Å². The summed E-state index contributed by atoms with van der Waals surface area (Å²) in [5.74, 6) is -1.02. The van der Waals surface area contributed by atoms with Crippen LogP contribution in [0, 0.1) is 0 Å². The lowest BCUT2D eigenvalue weighted by Crippen LogP contribution is -2.60. The number of carbonyl (C=O) groups is 2. The smallest absolute Gasteiger partial charge is 0.306 e. The second kappa shape index (κ2) is 9.04. The van der Waals surface area contributed by atoms with E-state index >= 15 is 0 Å². The van der Waals surface area contributed by atoms with Crippen molar-refractivity contribution < 1.29 is 39.1 Å². The van der Waals surface area contributed by atoms with Crippen LogP contribution in [0.1, 0.15) is 39.5 Å². The van der Waals surface area contributed by atoms with E-state index in [0.717, 1.165) is 0 Å². The van der Waals surface area contributed by atoms with Crippen LogP contribution in [0.2, 0.25) is 0 Å². The molecule has 1 aliphatic rings. The maximum absolute atomic E-state index is 11.6. The van der Waals surface area contributed by atoms with Gasteiger partial charge >= 0.3 is 11.9 Å². The van der Waals surface area contributed by atoms with E-state index in [-0.39, 0.29) is 19.4 Å². The summed E-state index contributed by atoms with van der Waals surface area (Å²) in [5, 5.41) is 29.1. The molecule has 0 spiro atoms. The van der Waals surface area contributed by atoms with E-state index in [2.05, 4.69) is 0 Å². The highest BCUT2D eigenvalue weighted by molar-refractivity contribution is 5.70. The lowest BCUT2D eigenvalue weighted by Gasteiger charge is -2.39. The third-order valence-electron chi connectivity index (χ3n) is 3.24. The molecular weight excluding hydrogens is 296 g/mol. The topological polar surface area (TPSA) is 123 Å². The zero-order valence-electron chi connectivity index (χ0n) is 12.8. The first-order valence-corrected chi connectivity index (χ1v) is 7.45. The van der Waals surface area contributed by atoms with Gasteiger partial charge in [-0.25, -0.2) is 0 Å². The summed E-state index contributed by atoms with van der Waals surface area (Å²) in [6.45, 7) is 3.32. The molecule has 8 heteroatoms. The Bertz CT molecular complexity index is 372. The Morgan fingerprint density at radius 3 is 2.18 bits per heavy atom. The maximum atomic E-state index is 11.6. The number of rotatable bonds is 7. The van der Waals surface area contributed by atoms with E-state index in [1.807, 2.05) is 6.92 Å². The Morgan fingerprint density at radius 1 is 1.00 bits per heavy atom. The highest BCUT2D eigenvalue weighted by Crippen LogP contribution is 2.23. The van der Waals surface area contributed by atoms with Crippen LogP contribution in [0.25, 0.3) is 0 Å². The summed E-state index contributed by atoms with van der Waals surface area (Å²) in [7, 11) is 0. The lowest BCUT2D eigenvalue weighted by molar-refractivity contribution is -0.290. The fourth-order valence-corrected chi connectivity index (χ4v) is 2.07. The molecule has 1 fully saturated rings. The van der Waals surface area contributed by atoms with Gasteiger partial charge in [-0.3, -0.25) is 9.59 Å². The Hall–Kier alpha value is -1.22. The van der Waals surface area contributed by atoms with Gasteiger partial charge < -0.3 is 29.5 Å². The molecule has 0 radical (unpaired) electrons. The number of hydrogen-bond acceptors (Lipinski definition) is 8. The third kappa shape index (κ3) is 5.20. The van der Waals surface area contributed by atoms with E-state index < -0.39 is 42.6 Å². The Kier molecular flexibility index (Phi) is 7.74. The van der Waals surface area contributed by atoms with Crippen LogP contribution >= 0.6 is 0 Å². The minimum atomic E-state index is -1.65. The quantitative estimate of drug-likeness (QED) is 0.536. The van der Waals surface area contributed by atoms with Crippen molar-refractivity contribution in [2.45, 2.75) is 70.2 Å². The van der Waals surface area contributed by atoms with Gasteiger partial charge in [-0.15, -0.1) is 0 Å². The number of hydrogen-bond donors (Lipinski definition) is 3. The Balaban J connectivity index is 2.70. The molecule has 0 aromatic carbocycles. The molecule has 0 unspecified atom stereocenters. The van der Waals surface area contributed by atoms with Crippen molar-refractivity contribution in [1.29, 1.82) is 0 Å². The highest BCUT2D eigenvalue weighted by Gasteiger charge is 2.46. The van der Waals surface area contributed by atoms with Crippen LogP contribution < -0.4 is 0 Å². The molecule has 0 aliphatic carbocycles. The van der Waals surface area contributed by atoms with E-state index in [0.29, 0.717) is 12.8 Å². The second-order valence-corrected chi connectivity index (χ2v) is 5.18. The van der Waals surface area contributed by atoms with E-state index in [4.69, 9.17) is 14.2 Å². The average Bonchev–Trinajstić information content (AvgIpc) is 2.47. The number of ether oxygens (including phenoxy) is 3. The fraction of sp³-hybridized carbons (Fsp3) is 0.857. The number of esters is 2. The molecule has 0 aromatic heterocycles. The molecule has 5 atom stereocenters. The minimum Gasteiger partial charge on any atom is -0.463 e. The van der Waals surface area contributed by atoms with Crippen LogP contribution in [0.4, 0.5) is 0 Å². The zero-order valence-corrected chi connectivity index (χ0v) is 12.8. The zero-order chi connectivity index (χ0) is 16.7. The van der Waals surface area contributed by atoms with Crippen molar-refractivity contribution in [2.24, 2.45) is 0 Å². The molecule has 0 saturated carbocycles. The van der Waals surface area contributed by atoms with Gasteiger partial charge in [0.2, 0.25) is 0 Å². The highest BCUT2D eigenvalue weighted by atomic mass is 16.7. The SMILES string of the molecule is CCCC(=O)OC[C@H]1O[C@H](O)[C@H](O)[C@@H](O)[C@H]1OC(=O)CCC. The van der Waals surface area contributed by atoms with Crippen molar-refractivity contribution in [3.05, 3.63) is 0 Å². The van der Waals surface area contributed by atoms with Gasteiger partial charge in [0.25, 0.3) is 0 Å². The van der Waals surface area contributed by atoms with Gasteiger partial charge in [-0.05, 0) is 12.8 Å². The molecule has 0 bridgehead atoms. The fourth-order valence-electron chi connectivity index (χ4n) is 2.07. The van der Waals surface area contributed by atoms with Crippen LogP contribution in [0.3, 0.4) is 0 Å². The second-order valence-electron chi connectivity index (χ2n) is 5.18. The number of aliphatic hydroxyl groups is 3. The van der Waals surface area contributed by atoms with E-state index in [1.54, 1.807) is 6.92 Å². The summed E-state index contributed by atoms with van der Waals surface area (Å²) in [4.78, 5) is 23.0.